The average Bonchev–Trinajstić information content (AvgIpc) is 2.62. The minimum Gasteiger partial charge on any atom is -0.491 e. The maximum Gasteiger partial charge on any atom is 0.119 e. The van der Waals surface area contributed by atoms with Gasteiger partial charge >= 0.3 is 0 Å². The summed E-state index contributed by atoms with van der Waals surface area (Å²) in [5, 5.41) is 10.4. The topological polar surface area (TPSA) is 41.9 Å². The van der Waals surface area contributed by atoms with Crippen molar-refractivity contribution in [1.82, 2.24) is 4.90 Å². The van der Waals surface area contributed by atoms with Gasteiger partial charge in [0.2, 0.25) is 0 Å². The van der Waals surface area contributed by atoms with Gasteiger partial charge in [-0.15, -0.1) is 0 Å². The highest BCUT2D eigenvalue weighted by molar-refractivity contribution is 5.30. The molecule has 0 aliphatic rings. The Morgan fingerprint density at radius 1 is 1.08 bits per heavy atom. The molecule has 0 amide bonds. The first-order valence-electron chi connectivity index (χ1n) is 8.72. The summed E-state index contributed by atoms with van der Waals surface area (Å²) < 4.78 is 10.9. The van der Waals surface area contributed by atoms with Crippen molar-refractivity contribution in [3.8, 4) is 5.75 Å². The molecule has 2 aromatic rings. The van der Waals surface area contributed by atoms with Crippen LogP contribution in [0.3, 0.4) is 0 Å². The quantitative estimate of drug-likeness (QED) is 0.719. The molecule has 2 aromatic carbocycles. The summed E-state index contributed by atoms with van der Waals surface area (Å²) in [7, 11) is 1.70. The third kappa shape index (κ3) is 6.86. The first kappa shape index (κ1) is 19.4. The number of aliphatic hydroxyl groups excluding tert-OH is 1. The van der Waals surface area contributed by atoms with E-state index in [1.54, 1.807) is 7.11 Å². The first-order chi connectivity index (χ1) is 12.1. The molecular weight excluding hydrogens is 314 g/mol. The minimum atomic E-state index is -0.554. The van der Waals surface area contributed by atoms with Crippen LogP contribution in [0.1, 0.15) is 16.7 Å². The number of aliphatic hydroxyl groups is 1. The van der Waals surface area contributed by atoms with Gasteiger partial charge in [0.25, 0.3) is 0 Å². The molecule has 0 unspecified atom stereocenters. The highest BCUT2D eigenvalue weighted by Gasteiger charge is 2.14. The first-order valence-corrected chi connectivity index (χ1v) is 8.72. The number of methoxy groups -OCH3 is 1. The highest BCUT2D eigenvalue weighted by atomic mass is 16.5. The number of benzene rings is 2. The lowest BCUT2D eigenvalue weighted by atomic mass is 10.1. The molecule has 136 valence electrons. The molecule has 0 fully saturated rings. The van der Waals surface area contributed by atoms with E-state index >= 15 is 0 Å². The van der Waals surface area contributed by atoms with Crippen molar-refractivity contribution in [2.24, 2.45) is 0 Å². The third-order valence-electron chi connectivity index (χ3n) is 4.16. The van der Waals surface area contributed by atoms with Crippen molar-refractivity contribution in [3.05, 3.63) is 65.2 Å². The van der Waals surface area contributed by atoms with E-state index in [1.165, 1.54) is 16.7 Å². The zero-order valence-electron chi connectivity index (χ0n) is 15.4. The number of rotatable bonds is 10. The van der Waals surface area contributed by atoms with Gasteiger partial charge in [0.15, 0.2) is 0 Å². The fourth-order valence-corrected chi connectivity index (χ4v) is 2.73. The Labute approximate surface area is 151 Å². The monoisotopic (exact) mass is 343 g/mol. The second-order valence-electron chi connectivity index (χ2n) is 6.44. The van der Waals surface area contributed by atoms with Gasteiger partial charge in [-0.3, -0.25) is 4.90 Å². The van der Waals surface area contributed by atoms with Crippen molar-refractivity contribution in [2.45, 2.75) is 26.5 Å². The minimum absolute atomic E-state index is 0.278. The van der Waals surface area contributed by atoms with Crippen molar-refractivity contribution in [1.29, 1.82) is 0 Å². The number of aryl methyl sites for hydroxylation is 2. The zero-order chi connectivity index (χ0) is 18.1. The Hall–Kier alpha value is -1.88. The largest absolute Gasteiger partial charge is 0.491 e. The summed E-state index contributed by atoms with van der Waals surface area (Å²) in [5.74, 6) is 0.777. The van der Waals surface area contributed by atoms with Crippen LogP contribution < -0.4 is 4.74 Å². The molecule has 2 rings (SSSR count). The predicted molar refractivity (Wildman–Crippen MR) is 101 cm³/mol. The molecular formula is C21H29NO3. The van der Waals surface area contributed by atoms with Crippen LogP contribution in [-0.4, -0.2) is 49.5 Å². The van der Waals surface area contributed by atoms with E-state index in [4.69, 9.17) is 9.47 Å². The van der Waals surface area contributed by atoms with E-state index in [0.29, 0.717) is 13.2 Å². The molecule has 0 saturated carbocycles. The van der Waals surface area contributed by atoms with Crippen molar-refractivity contribution in [2.75, 3.05) is 33.4 Å². The lowest BCUT2D eigenvalue weighted by Crippen LogP contribution is -2.37. The van der Waals surface area contributed by atoms with Crippen molar-refractivity contribution in [3.63, 3.8) is 0 Å². The molecule has 1 atom stereocenters. The van der Waals surface area contributed by atoms with E-state index in [0.717, 1.165) is 18.8 Å². The van der Waals surface area contributed by atoms with E-state index in [1.807, 2.05) is 30.3 Å². The smallest absolute Gasteiger partial charge is 0.119 e. The zero-order valence-corrected chi connectivity index (χ0v) is 15.4. The number of hydrogen-bond donors (Lipinski definition) is 1. The summed E-state index contributed by atoms with van der Waals surface area (Å²) in [4.78, 5) is 2.21. The van der Waals surface area contributed by atoms with Crippen LogP contribution in [0.15, 0.2) is 48.5 Å². The second-order valence-corrected chi connectivity index (χ2v) is 6.44. The molecule has 0 heterocycles. The molecule has 4 heteroatoms. The Morgan fingerprint density at radius 3 is 2.56 bits per heavy atom. The van der Waals surface area contributed by atoms with Crippen molar-refractivity contribution < 1.29 is 14.6 Å². The summed E-state index contributed by atoms with van der Waals surface area (Å²) in [6.07, 6.45) is -0.554. The van der Waals surface area contributed by atoms with Crippen LogP contribution in [0.2, 0.25) is 0 Å². The standard InChI is InChI=1S/C21H29NO3/c1-17-9-10-18(2)19(13-17)14-22(11-12-24-3)15-20(23)16-25-21-7-5-4-6-8-21/h4-10,13,20,23H,11-12,14-16H2,1-3H3/t20-/m0/s1. The summed E-state index contributed by atoms with van der Waals surface area (Å²) in [6, 6.07) is 16.1. The van der Waals surface area contributed by atoms with Crippen LogP contribution in [-0.2, 0) is 11.3 Å². The van der Waals surface area contributed by atoms with Gasteiger partial charge in [0.05, 0.1) is 6.61 Å². The Morgan fingerprint density at radius 2 is 1.84 bits per heavy atom. The van der Waals surface area contributed by atoms with Gasteiger partial charge < -0.3 is 14.6 Å². The average molecular weight is 343 g/mol. The van der Waals surface area contributed by atoms with Crippen LogP contribution in [0.5, 0.6) is 5.75 Å². The van der Waals surface area contributed by atoms with E-state index < -0.39 is 6.10 Å². The second kappa shape index (κ2) is 10.2. The molecule has 4 nitrogen and oxygen atoms in total. The van der Waals surface area contributed by atoms with Gasteiger partial charge in [0, 0.05) is 26.7 Å². The van der Waals surface area contributed by atoms with Crippen LogP contribution in [0, 0.1) is 13.8 Å². The van der Waals surface area contributed by atoms with E-state index in [2.05, 4.69) is 36.9 Å². The van der Waals surface area contributed by atoms with E-state index in [9.17, 15) is 5.11 Å². The maximum absolute atomic E-state index is 10.4. The van der Waals surface area contributed by atoms with Gasteiger partial charge in [-0.2, -0.15) is 0 Å². The summed E-state index contributed by atoms with van der Waals surface area (Å²) >= 11 is 0. The molecule has 0 radical (unpaired) electrons. The third-order valence-corrected chi connectivity index (χ3v) is 4.16. The lowest BCUT2D eigenvalue weighted by molar-refractivity contribution is 0.0541. The molecule has 1 N–H and O–H groups in total. The van der Waals surface area contributed by atoms with Crippen LogP contribution in [0.4, 0.5) is 0 Å². The fraction of sp³-hybridized carbons (Fsp3) is 0.429. The Kier molecular flexibility index (Phi) is 7.92. The Balaban J connectivity index is 1.93. The number of ether oxygens (including phenoxy) is 2. The molecule has 0 aliphatic heterocycles. The van der Waals surface area contributed by atoms with Gasteiger partial charge in [0.1, 0.15) is 18.5 Å². The maximum atomic E-state index is 10.4. The van der Waals surface area contributed by atoms with E-state index in [-0.39, 0.29) is 6.61 Å². The van der Waals surface area contributed by atoms with Crippen LogP contribution in [0.25, 0.3) is 0 Å². The number of hydrogen-bond acceptors (Lipinski definition) is 4. The van der Waals surface area contributed by atoms with Gasteiger partial charge in [-0.05, 0) is 37.1 Å². The van der Waals surface area contributed by atoms with Gasteiger partial charge in [-0.1, -0.05) is 42.0 Å². The molecule has 0 aliphatic carbocycles. The highest BCUT2D eigenvalue weighted by Crippen LogP contribution is 2.14. The number of para-hydroxylation sites is 1. The molecule has 0 spiro atoms. The fourth-order valence-electron chi connectivity index (χ4n) is 2.73. The van der Waals surface area contributed by atoms with Crippen LogP contribution >= 0.6 is 0 Å². The lowest BCUT2D eigenvalue weighted by Gasteiger charge is -2.26. The molecule has 0 saturated heterocycles. The number of nitrogens with zero attached hydrogens (tertiary/aromatic N) is 1. The summed E-state index contributed by atoms with van der Waals surface area (Å²) in [5.41, 5.74) is 3.80. The molecule has 25 heavy (non-hydrogen) atoms. The predicted octanol–water partition coefficient (Wildman–Crippen LogP) is 3.19. The van der Waals surface area contributed by atoms with Gasteiger partial charge in [-0.25, -0.2) is 0 Å². The molecule has 0 bridgehead atoms. The Bertz CT molecular complexity index is 630. The van der Waals surface area contributed by atoms with Crippen molar-refractivity contribution >= 4 is 0 Å². The molecule has 0 aromatic heterocycles. The SMILES string of the molecule is COCCN(Cc1cc(C)ccc1C)C[C@H](O)COc1ccccc1. The summed E-state index contributed by atoms with van der Waals surface area (Å²) in [6.45, 7) is 7.25. The normalized spacial score (nSPS) is 12.4.